The Labute approximate surface area is 145 Å². The van der Waals surface area contributed by atoms with Crippen LogP contribution in [0.4, 0.5) is 5.69 Å². The van der Waals surface area contributed by atoms with Crippen molar-refractivity contribution in [2.24, 2.45) is 5.92 Å². The standard InChI is InChI=1S/C17H23BrN2O3/c1-12-3-4-16(18)17(15(12)8-19)20-9-13(11-21)7-14(10-20)23-6-5-22-2/h3-4,13-14,21H,5-7,9-11H2,1-2H3. The summed E-state index contributed by atoms with van der Waals surface area (Å²) in [5, 5.41) is 19.1. The number of nitriles is 1. The molecule has 0 spiro atoms. The van der Waals surface area contributed by atoms with Gasteiger partial charge in [0.05, 0.1) is 30.6 Å². The molecule has 126 valence electrons. The molecular formula is C17H23BrN2O3. The Kier molecular flexibility index (Phi) is 6.85. The number of hydrogen-bond acceptors (Lipinski definition) is 5. The highest BCUT2D eigenvalue weighted by Gasteiger charge is 2.30. The van der Waals surface area contributed by atoms with Crippen LogP contribution in [0.3, 0.4) is 0 Å². The maximum absolute atomic E-state index is 9.61. The van der Waals surface area contributed by atoms with Crippen LogP contribution < -0.4 is 4.90 Å². The highest BCUT2D eigenvalue weighted by molar-refractivity contribution is 9.10. The molecule has 1 aromatic rings. The molecule has 1 heterocycles. The number of halogens is 1. The normalized spacial score (nSPS) is 21.3. The summed E-state index contributed by atoms with van der Waals surface area (Å²) in [6.45, 7) is 4.57. The maximum Gasteiger partial charge on any atom is 0.102 e. The van der Waals surface area contributed by atoms with Crippen molar-refractivity contribution in [2.75, 3.05) is 44.9 Å². The number of hydrogen-bond donors (Lipinski definition) is 1. The molecule has 5 nitrogen and oxygen atoms in total. The Morgan fingerprint density at radius 1 is 1.39 bits per heavy atom. The Bertz CT molecular complexity index is 574. The lowest BCUT2D eigenvalue weighted by molar-refractivity contribution is -0.00397. The molecule has 2 atom stereocenters. The molecule has 6 heteroatoms. The summed E-state index contributed by atoms with van der Waals surface area (Å²) in [5.74, 6) is 0.134. The summed E-state index contributed by atoms with van der Waals surface area (Å²) in [4.78, 5) is 2.15. The summed E-state index contributed by atoms with van der Waals surface area (Å²) < 4.78 is 11.8. The molecule has 0 aromatic heterocycles. The van der Waals surface area contributed by atoms with Crippen LogP contribution in [0.15, 0.2) is 16.6 Å². The number of aryl methyl sites for hydroxylation is 1. The van der Waals surface area contributed by atoms with Gasteiger partial charge in [0.25, 0.3) is 0 Å². The molecule has 0 radical (unpaired) electrons. The monoisotopic (exact) mass is 382 g/mol. The van der Waals surface area contributed by atoms with Crippen molar-refractivity contribution in [1.29, 1.82) is 5.26 Å². The van der Waals surface area contributed by atoms with E-state index in [0.29, 0.717) is 25.3 Å². The van der Waals surface area contributed by atoms with Crippen molar-refractivity contribution < 1.29 is 14.6 Å². The zero-order valence-corrected chi connectivity index (χ0v) is 15.2. The van der Waals surface area contributed by atoms with E-state index in [1.54, 1.807) is 7.11 Å². The maximum atomic E-state index is 9.61. The molecule has 23 heavy (non-hydrogen) atoms. The lowest BCUT2D eigenvalue weighted by Gasteiger charge is -2.39. The van der Waals surface area contributed by atoms with Gasteiger partial charge in [-0.1, -0.05) is 6.07 Å². The van der Waals surface area contributed by atoms with Gasteiger partial charge >= 0.3 is 0 Å². The van der Waals surface area contributed by atoms with Crippen LogP contribution in [0.1, 0.15) is 17.5 Å². The minimum atomic E-state index is 0.0232. The summed E-state index contributed by atoms with van der Waals surface area (Å²) in [6, 6.07) is 6.21. The van der Waals surface area contributed by atoms with Crippen LogP contribution in [-0.2, 0) is 9.47 Å². The topological polar surface area (TPSA) is 65.7 Å². The highest BCUT2D eigenvalue weighted by atomic mass is 79.9. The molecule has 0 aliphatic carbocycles. The first-order chi connectivity index (χ1) is 11.1. The fraction of sp³-hybridized carbons (Fsp3) is 0.588. The predicted octanol–water partition coefficient (Wildman–Crippen LogP) is 2.48. The van der Waals surface area contributed by atoms with Crippen LogP contribution >= 0.6 is 15.9 Å². The largest absolute Gasteiger partial charge is 0.396 e. The fourth-order valence-corrected chi connectivity index (χ4v) is 3.58. The average Bonchev–Trinajstić information content (AvgIpc) is 2.56. The van der Waals surface area contributed by atoms with Crippen molar-refractivity contribution in [2.45, 2.75) is 19.4 Å². The number of rotatable bonds is 6. The Balaban J connectivity index is 2.24. The molecule has 2 rings (SSSR count). The number of aliphatic hydroxyl groups excluding tert-OH is 1. The van der Waals surface area contributed by atoms with Gasteiger partial charge in [-0.15, -0.1) is 0 Å². The molecule has 2 unspecified atom stereocenters. The summed E-state index contributed by atoms with van der Waals surface area (Å²) in [6.07, 6.45) is 0.845. The van der Waals surface area contributed by atoms with Gasteiger partial charge in [0, 0.05) is 37.2 Å². The minimum absolute atomic E-state index is 0.0232. The number of nitrogens with zero attached hydrogens (tertiary/aromatic N) is 2. The summed E-state index contributed by atoms with van der Waals surface area (Å²) in [5.41, 5.74) is 2.52. The van der Waals surface area contributed by atoms with E-state index in [2.05, 4.69) is 26.9 Å². The van der Waals surface area contributed by atoms with E-state index in [-0.39, 0.29) is 18.6 Å². The Hall–Kier alpha value is -1.13. The molecule has 0 saturated carbocycles. The molecule has 1 N–H and O–H groups in total. The first-order valence-corrected chi connectivity index (χ1v) is 8.55. The lowest BCUT2D eigenvalue weighted by atomic mass is 9.95. The second-order valence-electron chi connectivity index (χ2n) is 5.87. The second-order valence-corrected chi connectivity index (χ2v) is 6.73. The summed E-state index contributed by atoms with van der Waals surface area (Å²) >= 11 is 3.57. The van der Waals surface area contributed by atoms with E-state index < -0.39 is 0 Å². The van der Waals surface area contributed by atoms with Crippen molar-refractivity contribution in [1.82, 2.24) is 0 Å². The van der Waals surface area contributed by atoms with Crippen molar-refractivity contribution in [3.63, 3.8) is 0 Å². The molecule has 1 fully saturated rings. The van der Waals surface area contributed by atoms with E-state index in [4.69, 9.17) is 9.47 Å². The van der Waals surface area contributed by atoms with E-state index in [0.717, 1.165) is 28.7 Å². The van der Waals surface area contributed by atoms with Gasteiger partial charge in [0.15, 0.2) is 0 Å². The second kappa shape index (κ2) is 8.65. The number of aliphatic hydroxyl groups is 1. The number of methoxy groups -OCH3 is 1. The first kappa shape index (κ1) is 18.2. The SMILES string of the molecule is COCCOC1CC(CO)CN(c2c(Br)ccc(C)c2C#N)C1. The van der Waals surface area contributed by atoms with Gasteiger partial charge in [0.1, 0.15) is 6.07 Å². The zero-order chi connectivity index (χ0) is 16.8. The minimum Gasteiger partial charge on any atom is -0.396 e. The summed E-state index contributed by atoms with van der Waals surface area (Å²) in [7, 11) is 1.65. The number of piperidine rings is 1. The number of anilines is 1. The van der Waals surface area contributed by atoms with Crippen LogP contribution in [0.5, 0.6) is 0 Å². The molecule has 1 aliphatic rings. The molecule has 0 amide bonds. The van der Waals surface area contributed by atoms with Gasteiger partial charge in [-0.2, -0.15) is 5.26 Å². The Morgan fingerprint density at radius 2 is 2.17 bits per heavy atom. The van der Waals surface area contributed by atoms with Crippen molar-refractivity contribution in [3.05, 3.63) is 27.7 Å². The lowest BCUT2D eigenvalue weighted by Crippen LogP contribution is -2.46. The average molecular weight is 383 g/mol. The van der Waals surface area contributed by atoms with E-state index in [9.17, 15) is 10.4 Å². The third-order valence-corrected chi connectivity index (χ3v) is 4.80. The van der Waals surface area contributed by atoms with Crippen molar-refractivity contribution >= 4 is 21.6 Å². The van der Waals surface area contributed by atoms with E-state index >= 15 is 0 Å². The highest BCUT2D eigenvalue weighted by Crippen LogP contribution is 2.35. The van der Waals surface area contributed by atoms with E-state index in [1.807, 2.05) is 19.1 Å². The van der Waals surface area contributed by atoms with Gasteiger partial charge in [-0.05, 0) is 40.9 Å². The van der Waals surface area contributed by atoms with Gasteiger partial charge in [-0.25, -0.2) is 0 Å². The quantitative estimate of drug-likeness (QED) is 0.765. The van der Waals surface area contributed by atoms with Gasteiger partial charge in [-0.3, -0.25) is 0 Å². The Morgan fingerprint density at radius 3 is 2.83 bits per heavy atom. The predicted molar refractivity (Wildman–Crippen MR) is 92.6 cm³/mol. The van der Waals surface area contributed by atoms with Gasteiger partial charge < -0.3 is 19.5 Å². The van der Waals surface area contributed by atoms with Crippen LogP contribution in [0.2, 0.25) is 0 Å². The molecule has 1 saturated heterocycles. The smallest absolute Gasteiger partial charge is 0.102 e. The van der Waals surface area contributed by atoms with Crippen LogP contribution in [0.25, 0.3) is 0 Å². The third kappa shape index (κ3) is 4.45. The van der Waals surface area contributed by atoms with E-state index in [1.165, 1.54) is 0 Å². The first-order valence-electron chi connectivity index (χ1n) is 7.76. The number of ether oxygens (including phenoxy) is 2. The van der Waals surface area contributed by atoms with Crippen LogP contribution in [0, 0.1) is 24.2 Å². The molecule has 1 aliphatic heterocycles. The number of benzene rings is 1. The molecular weight excluding hydrogens is 360 g/mol. The molecule has 1 aromatic carbocycles. The van der Waals surface area contributed by atoms with Crippen molar-refractivity contribution in [3.8, 4) is 6.07 Å². The fourth-order valence-electron chi connectivity index (χ4n) is 3.00. The molecule has 0 bridgehead atoms. The zero-order valence-electron chi connectivity index (χ0n) is 13.6. The van der Waals surface area contributed by atoms with Crippen LogP contribution in [-0.4, -0.2) is 51.2 Å². The third-order valence-electron chi connectivity index (χ3n) is 4.16. The van der Waals surface area contributed by atoms with Gasteiger partial charge in [0.2, 0.25) is 0 Å².